The Labute approximate surface area is 173 Å². The SMILES string of the molecule is C=Cc1c(C=C)c(OC(=O)CCC(O)O)c2ccccc2c1OC(=O)CCC(O)O. The Morgan fingerprint density at radius 2 is 1.17 bits per heavy atom. The van der Waals surface area contributed by atoms with E-state index in [0.29, 0.717) is 21.9 Å². The Balaban J connectivity index is 2.54. The van der Waals surface area contributed by atoms with Gasteiger partial charge in [0.25, 0.3) is 0 Å². The molecule has 2 aromatic carbocycles. The van der Waals surface area contributed by atoms with E-state index in [1.165, 1.54) is 12.2 Å². The van der Waals surface area contributed by atoms with Gasteiger partial charge in [0, 0.05) is 34.7 Å². The molecule has 0 saturated heterocycles. The number of hydrogen-bond acceptors (Lipinski definition) is 8. The van der Waals surface area contributed by atoms with Crippen LogP contribution in [-0.2, 0) is 9.59 Å². The summed E-state index contributed by atoms with van der Waals surface area (Å²) in [4.78, 5) is 24.4. The molecular weight excluding hydrogens is 392 g/mol. The first-order valence-corrected chi connectivity index (χ1v) is 9.25. The van der Waals surface area contributed by atoms with Crippen molar-refractivity contribution in [3.63, 3.8) is 0 Å². The van der Waals surface area contributed by atoms with E-state index >= 15 is 0 Å². The maximum absolute atomic E-state index is 12.2. The Bertz CT molecular complexity index is 869. The maximum atomic E-state index is 12.2. The second-order valence-corrected chi connectivity index (χ2v) is 6.43. The highest BCUT2D eigenvalue weighted by molar-refractivity contribution is 6.02. The molecule has 160 valence electrons. The predicted octanol–water partition coefficient (Wildman–Crippen LogP) is 2.12. The van der Waals surface area contributed by atoms with E-state index in [2.05, 4.69) is 13.2 Å². The summed E-state index contributed by atoms with van der Waals surface area (Å²) in [6.07, 6.45) is -1.18. The number of aliphatic hydroxyl groups excluding tert-OH is 2. The van der Waals surface area contributed by atoms with Crippen molar-refractivity contribution in [2.24, 2.45) is 0 Å². The second-order valence-electron chi connectivity index (χ2n) is 6.43. The Morgan fingerprint density at radius 1 is 0.800 bits per heavy atom. The van der Waals surface area contributed by atoms with E-state index in [1.807, 2.05) is 0 Å². The van der Waals surface area contributed by atoms with Crippen molar-refractivity contribution >= 4 is 34.9 Å². The minimum atomic E-state index is -1.63. The van der Waals surface area contributed by atoms with Gasteiger partial charge < -0.3 is 29.9 Å². The molecule has 0 aromatic heterocycles. The minimum absolute atomic E-state index is 0.179. The lowest BCUT2D eigenvalue weighted by atomic mass is 9.97. The van der Waals surface area contributed by atoms with Gasteiger partial charge in [-0.05, 0) is 0 Å². The van der Waals surface area contributed by atoms with Crippen LogP contribution in [0.25, 0.3) is 22.9 Å². The minimum Gasteiger partial charge on any atom is -0.425 e. The highest BCUT2D eigenvalue weighted by atomic mass is 16.5. The van der Waals surface area contributed by atoms with Crippen molar-refractivity contribution in [3.8, 4) is 11.5 Å². The van der Waals surface area contributed by atoms with Crippen molar-refractivity contribution < 1.29 is 39.5 Å². The number of hydrogen-bond donors (Lipinski definition) is 4. The zero-order chi connectivity index (χ0) is 22.3. The van der Waals surface area contributed by atoms with Crippen LogP contribution in [0.3, 0.4) is 0 Å². The molecule has 0 amide bonds. The fourth-order valence-electron chi connectivity index (χ4n) is 2.86. The first-order valence-electron chi connectivity index (χ1n) is 9.25. The molecule has 0 aliphatic carbocycles. The number of benzene rings is 2. The van der Waals surface area contributed by atoms with Gasteiger partial charge in [0.2, 0.25) is 0 Å². The molecule has 0 radical (unpaired) electrons. The van der Waals surface area contributed by atoms with Crippen LogP contribution >= 0.6 is 0 Å². The standard InChI is InChI=1S/C22H24O8/c1-3-13-14(4-2)22(30-20(28)12-10-18(25)26)16-8-6-5-7-15(16)21(13)29-19(27)11-9-17(23)24/h3-8,17-18,23-26H,1-2,9-12H2. The van der Waals surface area contributed by atoms with E-state index in [1.54, 1.807) is 24.3 Å². The van der Waals surface area contributed by atoms with Crippen molar-refractivity contribution in [2.45, 2.75) is 38.3 Å². The number of fused-ring (bicyclic) bond motifs is 1. The fourth-order valence-corrected chi connectivity index (χ4v) is 2.86. The summed E-state index contributed by atoms with van der Waals surface area (Å²) in [6, 6.07) is 6.78. The van der Waals surface area contributed by atoms with Gasteiger partial charge in [0.15, 0.2) is 12.6 Å². The number of rotatable bonds is 10. The van der Waals surface area contributed by atoms with Gasteiger partial charge in [-0.1, -0.05) is 49.6 Å². The summed E-state index contributed by atoms with van der Waals surface area (Å²) in [5, 5.41) is 36.8. The van der Waals surface area contributed by atoms with Crippen LogP contribution in [0, 0.1) is 0 Å². The zero-order valence-corrected chi connectivity index (χ0v) is 16.3. The number of aliphatic hydroxyl groups is 4. The third kappa shape index (κ3) is 5.74. The van der Waals surface area contributed by atoms with E-state index in [0.717, 1.165) is 0 Å². The third-order valence-electron chi connectivity index (χ3n) is 4.25. The largest absolute Gasteiger partial charge is 0.425 e. The van der Waals surface area contributed by atoms with Crippen molar-refractivity contribution in [1.82, 2.24) is 0 Å². The summed E-state index contributed by atoms with van der Waals surface area (Å²) in [6.45, 7) is 7.49. The fraction of sp³-hybridized carbons (Fsp3) is 0.273. The number of carbonyl (C=O) groups excluding carboxylic acids is 2. The molecule has 8 nitrogen and oxygen atoms in total. The number of esters is 2. The lowest BCUT2D eigenvalue weighted by Gasteiger charge is -2.18. The molecule has 0 bridgehead atoms. The average molecular weight is 416 g/mol. The predicted molar refractivity (Wildman–Crippen MR) is 110 cm³/mol. The third-order valence-corrected chi connectivity index (χ3v) is 4.25. The summed E-state index contributed by atoms with van der Waals surface area (Å²) >= 11 is 0. The Kier molecular flexibility index (Phi) is 8.25. The van der Waals surface area contributed by atoms with Crippen LogP contribution in [0.15, 0.2) is 37.4 Å². The molecule has 2 aromatic rings. The van der Waals surface area contributed by atoms with E-state index in [-0.39, 0.29) is 37.2 Å². The quantitative estimate of drug-likeness (QED) is 0.263. The molecule has 2 rings (SSSR count). The lowest BCUT2D eigenvalue weighted by molar-refractivity contribution is -0.137. The molecular formula is C22H24O8. The van der Waals surface area contributed by atoms with Crippen LogP contribution in [0.5, 0.6) is 11.5 Å². The first kappa shape index (κ1) is 23.2. The van der Waals surface area contributed by atoms with E-state index in [4.69, 9.17) is 29.9 Å². The molecule has 0 aliphatic heterocycles. The molecule has 4 N–H and O–H groups in total. The molecule has 8 heteroatoms. The van der Waals surface area contributed by atoms with Gasteiger partial charge in [-0.3, -0.25) is 9.59 Å². The van der Waals surface area contributed by atoms with Crippen molar-refractivity contribution in [1.29, 1.82) is 0 Å². The smallest absolute Gasteiger partial charge is 0.311 e. The topological polar surface area (TPSA) is 134 Å². The zero-order valence-electron chi connectivity index (χ0n) is 16.3. The summed E-state index contributed by atoms with van der Waals surface area (Å²) in [7, 11) is 0. The molecule has 0 atom stereocenters. The average Bonchev–Trinajstić information content (AvgIpc) is 2.71. The summed E-state index contributed by atoms with van der Waals surface area (Å²) < 4.78 is 11.0. The van der Waals surface area contributed by atoms with Crippen LogP contribution in [0.1, 0.15) is 36.8 Å². The Morgan fingerprint density at radius 3 is 1.47 bits per heavy atom. The molecule has 0 spiro atoms. The van der Waals surface area contributed by atoms with Gasteiger partial charge in [0.05, 0.1) is 12.8 Å². The molecule has 0 saturated carbocycles. The normalized spacial score (nSPS) is 11.0. The molecule has 30 heavy (non-hydrogen) atoms. The monoisotopic (exact) mass is 416 g/mol. The lowest BCUT2D eigenvalue weighted by Crippen LogP contribution is -2.15. The number of carbonyl (C=O) groups is 2. The number of ether oxygens (including phenoxy) is 2. The molecule has 0 unspecified atom stereocenters. The second kappa shape index (κ2) is 10.7. The molecule has 0 heterocycles. The first-order chi connectivity index (χ1) is 14.3. The van der Waals surface area contributed by atoms with Gasteiger partial charge >= 0.3 is 11.9 Å². The van der Waals surface area contributed by atoms with Crippen LogP contribution in [0.2, 0.25) is 0 Å². The van der Waals surface area contributed by atoms with Gasteiger partial charge in [-0.15, -0.1) is 0 Å². The van der Waals surface area contributed by atoms with Crippen LogP contribution in [0.4, 0.5) is 0 Å². The van der Waals surface area contributed by atoms with E-state index < -0.39 is 24.5 Å². The van der Waals surface area contributed by atoms with Crippen LogP contribution < -0.4 is 9.47 Å². The maximum Gasteiger partial charge on any atom is 0.311 e. The molecule has 0 aliphatic rings. The Hall–Kier alpha value is -3.04. The van der Waals surface area contributed by atoms with Gasteiger partial charge in [-0.2, -0.15) is 0 Å². The van der Waals surface area contributed by atoms with Gasteiger partial charge in [-0.25, -0.2) is 0 Å². The van der Waals surface area contributed by atoms with E-state index in [9.17, 15) is 9.59 Å². The highest BCUT2D eigenvalue weighted by Gasteiger charge is 2.22. The van der Waals surface area contributed by atoms with Crippen LogP contribution in [-0.4, -0.2) is 44.9 Å². The van der Waals surface area contributed by atoms with Crippen molar-refractivity contribution in [2.75, 3.05) is 0 Å². The van der Waals surface area contributed by atoms with Crippen molar-refractivity contribution in [3.05, 3.63) is 48.6 Å². The van der Waals surface area contributed by atoms with Gasteiger partial charge in [0.1, 0.15) is 11.5 Å². The molecule has 0 fully saturated rings. The summed E-state index contributed by atoms with van der Waals surface area (Å²) in [5.74, 6) is -0.988. The highest BCUT2D eigenvalue weighted by Crippen LogP contribution is 2.42. The summed E-state index contributed by atoms with van der Waals surface area (Å²) in [5.41, 5.74) is 0.734.